The zero-order valence-corrected chi connectivity index (χ0v) is 17.9. The Bertz CT molecular complexity index is 812. The van der Waals surface area contributed by atoms with E-state index < -0.39 is 10.0 Å². The number of ether oxygens (including phenoxy) is 2. The molecule has 2 saturated heterocycles. The Hall–Kier alpha value is -1.74. The third kappa shape index (κ3) is 5.06. The maximum absolute atomic E-state index is 12.8. The van der Waals surface area contributed by atoms with Gasteiger partial charge < -0.3 is 14.4 Å². The molecule has 2 aliphatic rings. The van der Waals surface area contributed by atoms with Gasteiger partial charge in [-0.25, -0.2) is 8.42 Å². The van der Waals surface area contributed by atoms with Crippen LogP contribution in [0.25, 0.3) is 6.08 Å². The van der Waals surface area contributed by atoms with Gasteiger partial charge in [0.2, 0.25) is 15.9 Å². The molecule has 8 heteroatoms. The van der Waals surface area contributed by atoms with Gasteiger partial charge in [-0.3, -0.25) is 4.79 Å². The summed E-state index contributed by atoms with van der Waals surface area (Å²) in [7, 11) is -3.48. The third-order valence-corrected chi connectivity index (χ3v) is 7.50. The SMILES string of the molecule is CCN(CC)S(=O)(=O)c1ccc(/C=C/C(=O)N2CCCCC2C2OCCO2)cc1. The fourth-order valence-electron chi connectivity index (χ4n) is 3.84. The van der Waals surface area contributed by atoms with Crippen LogP contribution >= 0.6 is 0 Å². The van der Waals surface area contributed by atoms with Crippen molar-refractivity contribution < 1.29 is 22.7 Å². The molecule has 0 aromatic heterocycles. The molecule has 2 fully saturated rings. The Kier molecular flexibility index (Phi) is 7.45. The number of likely N-dealkylation sites (tertiary alicyclic amines) is 1. The average molecular weight is 423 g/mol. The molecule has 3 rings (SSSR count). The van der Waals surface area contributed by atoms with Gasteiger partial charge in [0.15, 0.2) is 6.29 Å². The van der Waals surface area contributed by atoms with Crippen LogP contribution in [0.4, 0.5) is 0 Å². The van der Waals surface area contributed by atoms with Gasteiger partial charge in [0.1, 0.15) is 0 Å². The molecule has 0 aliphatic carbocycles. The molecule has 160 valence electrons. The Morgan fingerprint density at radius 2 is 1.79 bits per heavy atom. The first kappa shape index (κ1) is 22.0. The standard InChI is InChI=1S/C21H30N2O5S/c1-3-22(4-2)29(25,26)18-11-8-17(9-12-18)10-13-20(24)23-14-6-5-7-19(23)21-27-15-16-28-21/h8-13,19,21H,3-7,14-16H2,1-2H3/b13-10+. The van der Waals surface area contributed by atoms with Crippen molar-refractivity contribution >= 4 is 22.0 Å². The second kappa shape index (κ2) is 9.84. The molecule has 1 atom stereocenters. The Morgan fingerprint density at radius 3 is 2.41 bits per heavy atom. The summed E-state index contributed by atoms with van der Waals surface area (Å²) in [5.74, 6) is -0.0753. The van der Waals surface area contributed by atoms with Crippen molar-refractivity contribution in [2.75, 3.05) is 32.8 Å². The third-order valence-electron chi connectivity index (χ3n) is 5.44. The van der Waals surface area contributed by atoms with Gasteiger partial charge >= 0.3 is 0 Å². The molecule has 2 aliphatic heterocycles. The smallest absolute Gasteiger partial charge is 0.246 e. The van der Waals surface area contributed by atoms with E-state index in [1.54, 1.807) is 36.4 Å². The molecule has 2 heterocycles. The maximum atomic E-state index is 12.8. The van der Waals surface area contributed by atoms with Gasteiger partial charge in [0.05, 0.1) is 24.2 Å². The van der Waals surface area contributed by atoms with E-state index in [4.69, 9.17) is 9.47 Å². The van der Waals surface area contributed by atoms with E-state index in [9.17, 15) is 13.2 Å². The van der Waals surface area contributed by atoms with Crippen molar-refractivity contribution in [3.8, 4) is 0 Å². The molecule has 29 heavy (non-hydrogen) atoms. The highest BCUT2D eigenvalue weighted by molar-refractivity contribution is 7.89. The molecule has 1 aromatic carbocycles. The van der Waals surface area contributed by atoms with Gasteiger partial charge in [-0.2, -0.15) is 4.31 Å². The van der Waals surface area contributed by atoms with Crippen molar-refractivity contribution in [2.24, 2.45) is 0 Å². The predicted molar refractivity (Wildman–Crippen MR) is 111 cm³/mol. The van der Waals surface area contributed by atoms with Crippen LogP contribution < -0.4 is 0 Å². The van der Waals surface area contributed by atoms with E-state index in [1.165, 1.54) is 4.31 Å². The van der Waals surface area contributed by atoms with E-state index >= 15 is 0 Å². The number of hydrogen-bond acceptors (Lipinski definition) is 5. The predicted octanol–water partition coefficient (Wildman–Crippen LogP) is 2.48. The molecule has 7 nitrogen and oxygen atoms in total. The summed E-state index contributed by atoms with van der Waals surface area (Å²) in [6, 6.07) is 6.56. The largest absolute Gasteiger partial charge is 0.348 e. The van der Waals surface area contributed by atoms with Crippen molar-refractivity contribution in [1.29, 1.82) is 0 Å². The van der Waals surface area contributed by atoms with E-state index in [2.05, 4.69) is 0 Å². The summed E-state index contributed by atoms with van der Waals surface area (Å²) in [5.41, 5.74) is 0.777. The fourth-order valence-corrected chi connectivity index (χ4v) is 5.30. The molecule has 0 N–H and O–H groups in total. The average Bonchev–Trinajstić information content (AvgIpc) is 3.28. The second-order valence-electron chi connectivity index (χ2n) is 7.20. The first-order chi connectivity index (χ1) is 14.0. The topological polar surface area (TPSA) is 76.2 Å². The van der Waals surface area contributed by atoms with Crippen LogP contribution in [-0.4, -0.2) is 68.7 Å². The van der Waals surface area contributed by atoms with Crippen LogP contribution in [-0.2, 0) is 24.3 Å². The summed E-state index contributed by atoms with van der Waals surface area (Å²) >= 11 is 0. The molecule has 1 unspecified atom stereocenters. The Morgan fingerprint density at radius 1 is 1.14 bits per heavy atom. The van der Waals surface area contributed by atoms with Crippen molar-refractivity contribution in [2.45, 2.75) is 50.3 Å². The van der Waals surface area contributed by atoms with E-state index in [1.807, 2.05) is 18.7 Å². The summed E-state index contributed by atoms with van der Waals surface area (Å²) in [6.07, 6.45) is 5.84. The second-order valence-corrected chi connectivity index (χ2v) is 9.13. The van der Waals surface area contributed by atoms with Gasteiger partial charge in [-0.1, -0.05) is 26.0 Å². The quantitative estimate of drug-likeness (QED) is 0.631. The van der Waals surface area contributed by atoms with Crippen LogP contribution in [0.5, 0.6) is 0 Å². The highest BCUT2D eigenvalue weighted by Crippen LogP contribution is 2.25. The lowest BCUT2D eigenvalue weighted by atomic mass is 10.0. The number of nitrogens with zero attached hydrogens (tertiary/aromatic N) is 2. The molecule has 0 spiro atoms. The minimum absolute atomic E-state index is 0.0509. The number of benzene rings is 1. The number of sulfonamides is 1. The number of carbonyl (C=O) groups is 1. The highest BCUT2D eigenvalue weighted by Gasteiger charge is 2.35. The van der Waals surface area contributed by atoms with Gasteiger partial charge in [0, 0.05) is 25.7 Å². The summed E-state index contributed by atoms with van der Waals surface area (Å²) in [5, 5.41) is 0. The van der Waals surface area contributed by atoms with Crippen molar-refractivity contribution in [3.63, 3.8) is 0 Å². The molecular weight excluding hydrogens is 392 g/mol. The molecule has 1 aromatic rings. The highest BCUT2D eigenvalue weighted by atomic mass is 32.2. The molecule has 0 radical (unpaired) electrons. The maximum Gasteiger partial charge on any atom is 0.246 e. The van der Waals surface area contributed by atoms with E-state index in [0.717, 1.165) is 24.8 Å². The number of carbonyl (C=O) groups excluding carboxylic acids is 1. The Labute approximate surface area is 173 Å². The lowest BCUT2D eigenvalue weighted by Crippen LogP contribution is -2.49. The van der Waals surface area contributed by atoms with Crippen LogP contribution in [0, 0.1) is 0 Å². The van der Waals surface area contributed by atoms with Crippen LogP contribution in [0.1, 0.15) is 38.7 Å². The summed E-state index contributed by atoms with van der Waals surface area (Å²) < 4.78 is 37.8. The van der Waals surface area contributed by atoms with Crippen LogP contribution in [0.3, 0.4) is 0 Å². The fraction of sp³-hybridized carbons (Fsp3) is 0.571. The van der Waals surface area contributed by atoms with Gasteiger partial charge in [-0.05, 0) is 43.0 Å². The Balaban J connectivity index is 1.68. The minimum atomic E-state index is -3.48. The van der Waals surface area contributed by atoms with Gasteiger partial charge in [0.25, 0.3) is 0 Å². The lowest BCUT2D eigenvalue weighted by molar-refractivity contribution is -0.145. The summed E-state index contributed by atoms with van der Waals surface area (Å²) in [6.45, 7) is 6.33. The number of piperidine rings is 1. The number of amides is 1. The molecule has 0 saturated carbocycles. The molecule has 0 bridgehead atoms. The molecular formula is C21H30N2O5S. The monoisotopic (exact) mass is 422 g/mol. The number of rotatable bonds is 7. The van der Waals surface area contributed by atoms with Crippen LogP contribution in [0.2, 0.25) is 0 Å². The van der Waals surface area contributed by atoms with Crippen LogP contribution in [0.15, 0.2) is 35.2 Å². The van der Waals surface area contributed by atoms with E-state index in [-0.39, 0.29) is 23.1 Å². The summed E-state index contributed by atoms with van der Waals surface area (Å²) in [4.78, 5) is 14.8. The van der Waals surface area contributed by atoms with Gasteiger partial charge in [-0.15, -0.1) is 0 Å². The minimum Gasteiger partial charge on any atom is -0.348 e. The number of hydrogen-bond donors (Lipinski definition) is 0. The van der Waals surface area contributed by atoms with Crippen molar-refractivity contribution in [3.05, 3.63) is 35.9 Å². The van der Waals surface area contributed by atoms with Crippen molar-refractivity contribution in [1.82, 2.24) is 9.21 Å². The lowest BCUT2D eigenvalue weighted by Gasteiger charge is -2.37. The first-order valence-corrected chi connectivity index (χ1v) is 11.7. The van der Waals surface area contributed by atoms with E-state index in [0.29, 0.717) is 32.8 Å². The molecule has 1 amide bonds. The normalized spacial score (nSPS) is 21.3. The zero-order chi connectivity index (χ0) is 20.9. The zero-order valence-electron chi connectivity index (χ0n) is 17.1. The first-order valence-electron chi connectivity index (χ1n) is 10.3.